The summed E-state index contributed by atoms with van der Waals surface area (Å²) in [6.07, 6.45) is 0.674. The molecular formula is C15H20N4O2. The summed E-state index contributed by atoms with van der Waals surface area (Å²) < 4.78 is 1.61. The summed E-state index contributed by atoms with van der Waals surface area (Å²) in [6.45, 7) is 6.21. The van der Waals surface area contributed by atoms with Gasteiger partial charge in [-0.3, -0.25) is 4.79 Å². The average Bonchev–Trinajstić information content (AvgIpc) is 2.93. The van der Waals surface area contributed by atoms with Crippen LogP contribution in [0.1, 0.15) is 51.1 Å². The summed E-state index contributed by atoms with van der Waals surface area (Å²) in [7, 11) is 0. The van der Waals surface area contributed by atoms with Gasteiger partial charge in [0.25, 0.3) is 0 Å². The predicted molar refractivity (Wildman–Crippen MR) is 78.9 cm³/mol. The van der Waals surface area contributed by atoms with E-state index in [1.54, 1.807) is 4.68 Å². The molecule has 0 amide bonds. The number of rotatable bonds is 6. The van der Waals surface area contributed by atoms with Gasteiger partial charge in [0.1, 0.15) is 0 Å². The highest BCUT2D eigenvalue weighted by atomic mass is 16.4. The minimum Gasteiger partial charge on any atom is -0.481 e. The van der Waals surface area contributed by atoms with Gasteiger partial charge in [-0.1, -0.05) is 45.0 Å². The van der Waals surface area contributed by atoms with Gasteiger partial charge in [-0.05, 0) is 28.3 Å². The van der Waals surface area contributed by atoms with Gasteiger partial charge in [-0.2, -0.15) is 0 Å². The van der Waals surface area contributed by atoms with Crippen LogP contribution in [0.4, 0.5) is 0 Å². The van der Waals surface area contributed by atoms with Crippen LogP contribution in [0.2, 0.25) is 0 Å². The molecule has 1 unspecified atom stereocenters. The summed E-state index contributed by atoms with van der Waals surface area (Å²) in [4.78, 5) is 10.9. The molecule has 0 bridgehead atoms. The van der Waals surface area contributed by atoms with Gasteiger partial charge >= 0.3 is 5.97 Å². The number of nitrogens with zero attached hydrogens (tertiary/aromatic N) is 4. The second kappa shape index (κ2) is 6.47. The van der Waals surface area contributed by atoms with Crippen molar-refractivity contribution in [3.8, 4) is 11.4 Å². The standard InChI is InChI=1S/C15H20N4O2/c1-4-13(9-14(20)21)19-15(16-17-18-19)12-7-5-11(6-8-12)10(2)3/h5-8,10,13H,4,9H2,1-3H3,(H,20,21). The molecule has 0 saturated carbocycles. The molecule has 6 heteroatoms. The molecule has 0 saturated heterocycles. The summed E-state index contributed by atoms with van der Waals surface area (Å²) in [5, 5.41) is 20.7. The van der Waals surface area contributed by atoms with Crippen molar-refractivity contribution in [3.05, 3.63) is 29.8 Å². The van der Waals surface area contributed by atoms with Crippen LogP contribution >= 0.6 is 0 Å². The number of benzene rings is 1. The number of hydrogen-bond acceptors (Lipinski definition) is 4. The van der Waals surface area contributed by atoms with E-state index < -0.39 is 5.97 Å². The maximum absolute atomic E-state index is 10.9. The first kappa shape index (κ1) is 15.2. The molecule has 21 heavy (non-hydrogen) atoms. The van der Waals surface area contributed by atoms with Crippen molar-refractivity contribution in [2.24, 2.45) is 0 Å². The van der Waals surface area contributed by atoms with E-state index in [1.165, 1.54) is 5.56 Å². The van der Waals surface area contributed by atoms with Crippen molar-refractivity contribution in [1.29, 1.82) is 0 Å². The second-order valence-corrected chi connectivity index (χ2v) is 5.38. The number of hydrogen-bond donors (Lipinski definition) is 1. The Labute approximate surface area is 123 Å². The molecule has 0 aliphatic carbocycles. The number of carboxylic acid groups (broad SMARTS) is 1. The van der Waals surface area contributed by atoms with Gasteiger partial charge in [0, 0.05) is 5.56 Å². The Balaban J connectivity index is 2.32. The van der Waals surface area contributed by atoms with Crippen LogP contribution in [-0.2, 0) is 4.79 Å². The Bertz CT molecular complexity index is 604. The molecular weight excluding hydrogens is 268 g/mol. The highest BCUT2D eigenvalue weighted by Gasteiger charge is 2.19. The lowest BCUT2D eigenvalue weighted by Gasteiger charge is -2.14. The van der Waals surface area contributed by atoms with Crippen LogP contribution in [0.15, 0.2) is 24.3 Å². The van der Waals surface area contributed by atoms with Crippen LogP contribution in [-0.4, -0.2) is 31.3 Å². The Kier molecular flexibility index (Phi) is 4.67. The van der Waals surface area contributed by atoms with Crippen LogP contribution in [0.25, 0.3) is 11.4 Å². The lowest BCUT2D eigenvalue weighted by atomic mass is 10.0. The minimum atomic E-state index is -0.849. The quantitative estimate of drug-likeness (QED) is 0.884. The molecule has 1 aromatic heterocycles. The third-order valence-corrected chi connectivity index (χ3v) is 3.56. The molecule has 0 fully saturated rings. The fourth-order valence-electron chi connectivity index (χ4n) is 2.25. The Morgan fingerprint density at radius 1 is 1.29 bits per heavy atom. The number of aliphatic carboxylic acids is 1. The van der Waals surface area contributed by atoms with E-state index in [2.05, 4.69) is 41.5 Å². The lowest BCUT2D eigenvalue weighted by Crippen LogP contribution is -2.15. The highest BCUT2D eigenvalue weighted by Crippen LogP contribution is 2.24. The molecule has 112 valence electrons. The van der Waals surface area contributed by atoms with Crippen molar-refractivity contribution < 1.29 is 9.90 Å². The summed E-state index contributed by atoms with van der Waals surface area (Å²) in [6, 6.07) is 7.82. The number of carboxylic acids is 1. The zero-order chi connectivity index (χ0) is 15.4. The van der Waals surface area contributed by atoms with E-state index in [4.69, 9.17) is 5.11 Å². The zero-order valence-electron chi connectivity index (χ0n) is 12.5. The number of aromatic nitrogens is 4. The van der Waals surface area contributed by atoms with Crippen molar-refractivity contribution in [2.75, 3.05) is 0 Å². The second-order valence-electron chi connectivity index (χ2n) is 5.38. The smallest absolute Gasteiger partial charge is 0.305 e. The monoisotopic (exact) mass is 288 g/mol. The van der Waals surface area contributed by atoms with Crippen LogP contribution in [0.5, 0.6) is 0 Å². The molecule has 6 nitrogen and oxygen atoms in total. The molecule has 2 aromatic rings. The van der Waals surface area contributed by atoms with Crippen molar-refractivity contribution in [2.45, 2.75) is 45.6 Å². The number of carbonyl (C=O) groups is 1. The Morgan fingerprint density at radius 2 is 1.95 bits per heavy atom. The van der Waals surface area contributed by atoms with Crippen molar-refractivity contribution >= 4 is 5.97 Å². The molecule has 0 aliphatic heterocycles. The van der Waals surface area contributed by atoms with Gasteiger partial charge < -0.3 is 5.11 Å². The van der Waals surface area contributed by atoms with Gasteiger partial charge in [-0.25, -0.2) is 4.68 Å². The van der Waals surface area contributed by atoms with Crippen LogP contribution in [0, 0.1) is 0 Å². The van der Waals surface area contributed by atoms with Crippen molar-refractivity contribution in [3.63, 3.8) is 0 Å². The molecule has 1 N–H and O–H groups in total. The van der Waals surface area contributed by atoms with Crippen LogP contribution in [0.3, 0.4) is 0 Å². The normalized spacial score (nSPS) is 12.6. The molecule has 0 radical (unpaired) electrons. The van der Waals surface area contributed by atoms with E-state index >= 15 is 0 Å². The third kappa shape index (κ3) is 3.45. The SMILES string of the molecule is CCC(CC(=O)O)n1nnnc1-c1ccc(C(C)C)cc1. The fourth-order valence-corrected chi connectivity index (χ4v) is 2.25. The Hall–Kier alpha value is -2.24. The molecule has 2 rings (SSSR count). The minimum absolute atomic E-state index is 0.0125. The topological polar surface area (TPSA) is 80.9 Å². The zero-order valence-corrected chi connectivity index (χ0v) is 12.5. The van der Waals surface area contributed by atoms with Gasteiger partial charge in [0.05, 0.1) is 12.5 Å². The first-order valence-corrected chi connectivity index (χ1v) is 7.13. The largest absolute Gasteiger partial charge is 0.481 e. The maximum Gasteiger partial charge on any atom is 0.305 e. The van der Waals surface area contributed by atoms with E-state index in [9.17, 15) is 4.79 Å². The average molecular weight is 288 g/mol. The molecule has 1 aromatic carbocycles. The van der Waals surface area contributed by atoms with Crippen molar-refractivity contribution in [1.82, 2.24) is 20.2 Å². The number of tetrazole rings is 1. The molecule has 0 spiro atoms. The van der Waals surface area contributed by atoms with Gasteiger partial charge in [0.15, 0.2) is 5.82 Å². The lowest BCUT2D eigenvalue weighted by molar-refractivity contribution is -0.138. The van der Waals surface area contributed by atoms with Crippen LogP contribution < -0.4 is 0 Å². The molecule has 1 atom stereocenters. The van der Waals surface area contributed by atoms with Gasteiger partial charge in [0.2, 0.25) is 0 Å². The summed E-state index contributed by atoms with van der Waals surface area (Å²) in [5.74, 6) is 0.224. The van der Waals surface area contributed by atoms with E-state index in [0.717, 1.165) is 5.56 Å². The van der Waals surface area contributed by atoms with E-state index in [1.807, 2.05) is 19.1 Å². The van der Waals surface area contributed by atoms with Gasteiger partial charge in [-0.15, -0.1) is 5.10 Å². The first-order valence-electron chi connectivity index (χ1n) is 7.13. The summed E-state index contributed by atoms with van der Waals surface area (Å²) >= 11 is 0. The maximum atomic E-state index is 10.9. The predicted octanol–water partition coefficient (Wildman–Crippen LogP) is 2.89. The third-order valence-electron chi connectivity index (χ3n) is 3.56. The highest BCUT2D eigenvalue weighted by molar-refractivity contribution is 5.67. The van der Waals surface area contributed by atoms with E-state index in [-0.39, 0.29) is 12.5 Å². The molecule has 0 aliphatic rings. The fraction of sp³-hybridized carbons (Fsp3) is 0.467. The van der Waals surface area contributed by atoms with E-state index in [0.29, 0.717) is 18.2 Å². The Morgan fingerprint density at radius 3 is 2.48 bits per heavy atom. The summed E-state index contributed by atoms with van der Waals surface area (Å²) in [5.41, 5.74) is 2.14. The molecule has 1 heterocycles. The first-order chi connectivity index (χ1) is 10.0.